The summed E-state index contributed by atoms with van der Waals surface area (Å²) in [7, 11) is -0.868. The lowest BCUT2D eigenvalue weighted by molar-refractivity contribution is -0.116. The lowest BCUT2D eigenvalue weighted by atomic mass is 10.2. The van der Waals surface area contributed by atoms with Gasteiger partial charge < -0.3 is 9.47 Å². The Morgan fingerprint density at radius 2 is 1.72 bits per heavy atom. The van der Waals surface area contributed by atoms with Crippen molar-refractivity contribution in [3.63, 3.8) is 0 Å². The molecule has 0 saturated heterocycles. The Bertz CT molecular complexity index is 1210. The smallest absolute Gasteiger partial charge is 0.249 e. The number of nitrogens with one attached hydrogen (secondary N) is 1. The third-order valence-corrected chi connectivity index (χ3v) is 6.79. The largest absolute Gasteiger partial charge is 0.493 e. The molecule has 3 rings (SSSR count). The van der Waals surface area contributed by atoms with E-state index in [4.69, 9.17) is 9.47 Å². The zero-order chi connectivity index (χ0) is 23.5. The van der Waals surface area contributed by atoms with E-state index in [0.717, 1.165) is 21.7 Å². The SMILES string of the molecule is COc1ccc(N(C(C)C(=O)Nc2nnc(-c3ccc(C)cc3)s2)S(C)(=O)=O)cc1OC. The standard InChI is InChI=1S/C21H24N4O5S2/c1-13-6-8-15(9-7-13)20-23-24-21(31-20)22-19(26)14(2)25(32(5,27)28)16-10-11-17(29-3)18(12-16)30-4/h6-12,14H,1-5H3,(H,22,24,26). The highest BCUT2D eigenvalue weighted by Crippen LogP contribution is 2.33. The number of anilines is 2. The van der Waals surface area contributed by atoms with Crippen LogP contribution in [0.3, 0.4) is 0 Å². The van der Waals surface area contributed by atoms with Crippen LogP contribution in [0.5, 0.6) is 11.5 Å². The summed E-state index contributed by atoms with van der Waals surface area (Å²) in [6.07, 6.45) is 1.04. The van der Waals surface area contributed by atoms with Crippen LogP contribution >= 0.6 is 11.3 Å². The molecule has 32 heavy (non-hydrogen) atoms. The molecular weight excluding hydrogens is 452 g/mol. The lowest BCUT2D eigenvalue weighted by Gasteiger charge is -2.28. The van der Waals surface area contributed by atoms with Gasteiger partial charge in [0.05, 0.1) is 26.2 Å². The molecular formula is C21H24N4O5S2. The number of sulfonamides is 1. The number of nitrogens with zero attached hydrogens (tertiary/aromatic N) is 3. The van der Waals surface area contributed by atoms with Crippen LogP contribution in [0.4, 0.5) is 10.8 Å². The molecule has 1 atom stereocenters. The van der Waals surface area contributed by atoms with Gasteiger partial charge in [0.1, 0.15) is 11.0 Å². The topological polar surface area (TPSA) is 111 Å². The molecule has 3 aromatic rings. The van der Waals surface area contributed by atoms with Gasteiger partial charge in [-0.3, -0.25) is 14.4 Å². The van der Waals surface area contributed by atoms with Crippen molar-refractivity contribution < 1.29 is 22.7 Å². The van der Waals surface area contributed by atoms with E-state index < -0.39 is 22.0 Å². The highest BCUT2D eigenvalue weighted by molar-refractivity contribution is 7.92. The molecule has 0 aliphatic rings. The third kappa shape index (κ3) is 5.17. The molecule has 0 bridgehead atoms. The average Bonchev–Trinajstić information content (AvgIpc) is 3.21. The first-order valence-corrected chi connectivity index (χ1v) is 12.2. The van der Waals surface area contributed by atoms with Crippen molar-refractivity contribution >= 4 is 38.1 Å². The van der Waals surface area contributed by atoms with E-state index in [1.54, 1.807) is 12.1 Å². The Morgan fingerprint density at radius 1 is 1.06 bits per heavy atom. The van der Waals surface area contributed by atoms with Gasteiger partial charge in [-0.15, -0.1) is 10.2 Å². The van der Waals surface area contributed by atoms with Crippen LogP contribution in [0.2, 0.25) is 0 Å². The fourth-order valence-electron chi connectivity index (χ4n) is 3.07. The summed E-state index contributed by atoms with van der Waals surface area (Å²) in [4.78, 5) is 12.9. The highest BCUT2D eigenvalue weighted by atomic mass is 32.2. The second-order valence-corrected chi connectivity index (χ2v) is 9.88. The maximum atomic E-state index is 12.9. The summed E-state index contributed by atoms with van der Waals surface area (Å²) in [6.45, 7) is 3.48. The normalized spacial score (nSPS) is 12.2. The molecule has 1 N–H and O–H groups in total. The van der Waals surface area contributed by atoms with Gasteiger partial charge in [0.25, 0.3) is 0 Å². The molecule has 2 aromatic carbocycles. The number of carbonyl (C=O) groups excluding carboxylic acids is 1. The summed E-state index contributed by atoms with van der Waals surface area (Å²) < 4.78 is 36.6. The predicted molar refractivity (Wildman–Crippen MR) is 125 cm³/mol. The van der Waals surface area contributed by atoms with Gasteiger partial charge in [0, 0.05) is 11.6 Å². The lowest BCUT2D eigenvalue weighted by Crippen LogP contribution is -2.45. The van der Waals surface area contributed by atoms with Crippen molar-refractivity contribution in [1.82, 2.24) is 10.2 Å². The van der Waals surface area contributed by atoms with Crippen molar-refractivity contribution in [2.45, 2.75) is 19.9 Å². The summed E-state index contributed by atoms with van der Waals surface area (Å²) in [5.74, 6) is 0.245. The first kappa shape index (κ1) is 23.5. The minimum atomic E-state index is -3.80. The third-order valence-electron chi connectivity index (χ3n) is 4.66. The minimum absolute atomic E-state index is 0.269. The molecule has 0 aliphatic heterocycles. The van der Waals surface area contributed by atoms with Crippen LogP contribution < -0.4 is 19.1 Å². The predicted octanol–water partition coefficient (Wildman–Crippen LogP) is 3.32. The number of methoxy groups -OCH3 is 2. The molecule has 1 aromatic heterocycles. The Morgan fingerprint density at radius 3 is 2.31 bits per heavy atom. The maximum absolute atomic E-state index is 12.9. The molecule has 9 nitrogen and oxygen atoms in total. The molecule has 1 unspecified atom stereocenters. The van der Waals surface area contributed by atoms with E-state index in [0.29, 0.717) is 16.5 Å². The van der Waals surface area contributed by atoms with E-state index in [1.165, 1.54) is 38.5 Å². The summed E-state index contributed by atoms with van der Waals surface area (Å²) in [5.41, 5.74) is 2.27. The van der Waals surface area contributed by atoms with E-state index in [-0.39, 0.29) is 10.8 Å². The quantitative estimate of drug-likeness (QED) is 0.531. The molecule has 1 amide bonds. The van der Waals surface area contributed by atoms with Gasteiger partial charge in [-0.2, -0.15) is 0 Å². The fraction of sp³-hybridized carbons (Fsp3) is 0.286. The van der Waals surface area contributed by atoms with E-state index in [2.05, 4.69) is 15.5 Å². The van der Waals surface area contributed by atoms with Crippen LogP contribution in [0, 0.1) is 6.92 Å². The van der Waals surface area contributed by atoms with E-state index in [9.17, 15) is 13.2 Å². The Hall–Kier alpha value is -3.18. The number of benzene rings is 2. The van der Waals surface area contributed by atoms with E-state index in [1.807, 2.05) is 31.2 Å². The number of aryl methyl sites for hydroxylation is 1. The van der Waals surface area contributed by atoms with Gasteiger partial charge in [0.15, 0.2) is 11.5 Å². The van der Waals surface area contributed by atoms with Gasteiger partial charge in [0.2, 0.25) is 21.1 Å². The maximum Gasteiger partial charge on any atom is 0.249 e. The number of ether oxygens (including phenoxy) is 2. The van der Waals surface area contributed by atoms with Crippen molar-refractivity contribution in [2.24, 2.45) is 0 Å². The number of hydrogen-bond donors (Lipinski definition) is 1. The second kappa shape index (κ2) is 9.53. The molecule has 1 heterocycles. The monoisotopic (exact) mass is 476 g/mol. The average molecular weight is 477 g/mol. The van der Waals surface area contributed by atoms with Crippen LogP contribution in [-0.2, 0) is 14.8 Å². The van der Waals surface area contributed by atoms with Crippen molar-refractivity contribution in [2.75, 3.05) is 30.1 Å². The van der Waals surface area contributed by atoms with Crippen molar-refractivity contribution in [1.29, 1.82) is 0 Å². The molecule has 0 aliphatic carbocycles. The number of hydrogen-bond acceptors (Lipinski definition) is 8. The van der Waals surface area contributed by atoms with Crippen LogP contribution in [-0.4, -0.2) is 51.0 Å². The molecule has 0 saturated carbocycles. The van der Waals surface area contributed by atoms with E-state index >= 15 is 0 Å². The summed E-state index contributed by atoms with van der Waals surface area (Å²) >= 11 is 1.20. The fourth-order valence-corrected chi connectivity index (χ4v) is 4.99. The Kier molecular flexibility index (Phi) is 6.99. The second-order valence-electron chi connectivity index (χ2n) is 7.04. The molecule has 0 spiro atoms. The summed E-state index contributed by atoms with van der Waals surface area (Å²) in [6, 6.07) is 11.3. The molecule has 11 heteroatoms. The van der Waals surface area contributed by atoms with Crippen LogP contribution in [0.15, 0.2) is 42.5 Å². The van der Waals surface area contributed by atoms with Crippen LogP contribution in [0.25, 0.3) is 10.6 Å². The van der Waals surface area contributed by atoms with Gasteiger partial charge in [-0.1, -0.05) is 41.2 Å². The zero-order valence-corrected chi connectivity index (χ0v) is 20.0. The Labute approximate surface area is 191 Å². The number of aromatic nitrogens is 2. The number of rotatable bonds is 8. The zero-order valence-electron chi connectivity index (χ0n) is 18.3. The molecule has 0 fully saturated rings. The first-order chi connectivity index (χ1) is 15.1. The Balaban J connectivity index is 1.84. The minimum Gasteiger partial charge on any atom is -0.493 e. The van der Waals surface area contributed by atoms with Crippen molar-refractivity contribution in [3.8, 4) is 22.1 Å². The van der Waals surface area contributed by atoms with Gasteiger partial charge in [-0.05, 0) is 26.0 Å². The first-order valence-electron chi connectivity index (χ1n) is 9.57. The van der Waals surface area contributed by atoms with Crippen LogP contribution in [0.1, 0.15) is 12.5 Å². The van der Waals surface area contributed by atoms with Gasteiger partial charge in [-0.25, -0.2) is 8.42 Å². The molecule has 0 radical (unpaired) electrons. The summed E-state index contributed by atoms with van der Waals surface area (Å²) in [5, 5.41) is 11.7. The van der Waals surface area contributed by atoms with Gasteiger partial charge >= 0.3 is 0 Å². The van der Waals surface area contributed by atoms with Crippen molar-refractivity contribution in [3.05, 3.63) is 48.0 Å². The number of amides is 1. The number of carbonyl (C=O) groups is 1. The molecule has 170 valence electrons. The highest BCUT2D eigenvalue weighted by Gasteiger charge is 2.30.